The van der Waals surface area contributed by atoms with Crippen molar-refractivity contribution in [2.75, 3.05) is 41.0 Å². The third-order valence-corrected chi connectivity index (χ3v) is 6.71. The number of carbonyl (C=O) groups is 1. The van der Waals surface area contributed by atoms with Gasteiger partial charge in [0.1, 0.15) is 17.5 Å². The van der Waals surface area contributed by atoms with Gasteiger partial charge in [-0.15, -0.1) is 0 Å². The lowest BCUT2D eigenvalue weighted by molar-refractivity contribution is -0.384. The Bertz CT molecular complexity index is 1110. The standard InChI is InChI=1S/C22H28N4O6S/c1-4-19(22(27)23-16-7-9-17(10-8-16)24-13-5-6-14-24)25(33(3,30)31)20-15-18(26(28)29)11-12-21(20)32-2/h7-12,15,19H,4-6,13-14H2,1-3H3,(H,23,27)/t19-/m1/s1. The van der Waals surface area contributed by atoms with Crippen LogP contribution in [0.25, 0.3) is 0 Å². The third kappa shape index (κ3) is 5.54. The summed E-state index contributed by atoms with van der Waals surface area (Å²) in [6.45, 7) is 3.67. The molecule has 1 atom stereocenters. The summed E-state index contributed by atoms with van der Waals surface area (Å²) < 4.78 is 31.6. The van der Waals surface area contributed by atoms with Gasteiger partial charge in [-0.2, -0.15) is 0 Å². The zero-order chi connectivity index (χ0) is 24.2. The Hall–Kier alpha value is -3.34. The number of non-ortho nitro benzene ring substituents is 1. The molecule has 11 heteroatoms. The van der Waals surface area contributed by atoms with E-state index in [1.807, 2.05) is 12.1 Å². The van der Waals surface area contributed by atoms with Crippen LogP contribution >= 0.6 is 0 Å². The highest BCUT2D eigenvalue weighted by Gasteiger charge is 2.34. The van der Waals surface area contributed by atoms with Gasteiger partial charge in [-0.3, -0.25) is 19.2 Å². The fourth-order valence-corrected chi connectivity index (χ4v) is 5.16. The molecular formula is C22H28N4O6S. The largest absolute Gasteiger partial charge is 0.495 e. The van der Waals surface area contributed by atoms with E-state index < -0.39 is 26.9 Å². The number of ether oxygens (including phenoxy) is 1. The maximum absolute atomic E-state index is 13.2. The molecular weight excluding hydrogens is 448 g/mol. The number of hydrogen-bond acceptors (Lipinski definition) is 7. The van der Waals surface area contributed by atoms with Crippen molar-refractivity contribution < 1.29 is 22.9 Å². The number of methoxy groups -OCH3 is 1. The van der Waals surface area contributed by atoms with Gasteiger partial charge < -0.3 is 15.0 Å². The molecule has 1 aliphatic heterocycles. The van der Waals surface area contributed by atoms with Gasteiger partial charge in [0.2, 0.25) is 15.9 Å². The van der Waals surface area contributed by atoms with Gasteiger partial charge in [0.25, 0.3) is 5.69 Å². The van der Waals surface area contributed by atoms with Crippen LogP contribution in [0.3, 0.4) is 0 Å². The first-order valence-electron chi connectivity index (χ1n) is 10.6. The summed E-state index contributed by atoms with van der Waals surface area (Å²) in [4.78, 5) is 26.1. The van der Waals surface area contributed by atoms with Crippen molar-refractivity contribution in [1.29, 1.82) is 0 Å². The Labute approximate surface area is 193 Å². The normalized spacial score (nSPS) is 14.6. The van der Waals surface area contributed by atoms with Crippen LogP contribution in [0.1, 0.15) is 26.2 Å². The summed E-state index contributed by atoms with van der Waals surface area (Å²) in [6, 6.07) is 9.86. The van der Waals surface area contributed by atoms with Crippen LogP contribution in [-0.4, -0.2) is 51.7 Å². The highest BCUT2D eigenvalue weighted by molar-refractivity contribution is 7.92. The van der Waals surface area contributed by atoms with Crippen LogP contribution in [0, 0.1) is 10.1 Å². The molecule has 1 N–H and O–H groups in total. The number of nitrogens with zero attached hydrogens (tertiary/aromatic N) is 3. The molecule has 10 nitrogen and oxygen atoms in total. The number of hydrogen-bond donors (Lipinski definition) is 1. The second-order valence-electron chi connectivity index (χ2n) is 7.83. The van der Waals surface area contributed by atoms with Crippen LogP contribution in [0.5, 0.6) is 5.75 Å². The van der Waals surface area contributed by atoms with E-state index in [1.54, 1.807) is 19.1 Å². The molecule has 1 heterocycles. The lowest BCUT2D eigenvalue weighted by Gasteiger charge is -2.31. The van der Waals surface area contributed by atoms with Gasteiger partial charge in [0.15, 0.2) is 0 Å². The lowest BCUT2D eigenvalue weighted by Crippen LogP contribution is -2.47. The first-order chi connectivity index (χ1) is 15.7. The van der Waals surface area contributed by atoms with E-state index in [-0.39, 0.29) is 23.5 Å². The van der Waals surface area contributed by atoms with Crippen LogP contribution in [-0.2, 0) is 14.8 Å². The van der Waals surface area contributed by atoms with E-state index in [0.29, 0.717) is 5.69 Å². The fourth-order valence-electron chi connectivity index (χ4n) is 3.96. The van der Waals surface area contributed by atoms with E-state index in [0.717, 1.165) is 48.2 Å². The predicted octanol–water partition coefficient (Wildman–Crippen LogP) is 3.39. The molecule has 178 valence electrons. The van der Waals surface area contributed by atoms with Gasteiger partial charge in [-0.25, -0.2) is 8.42 Å². The Morgan fingerprint density at radius 1 is 1.21 bits per heavy atom. The second kappa shape index (κ2) is 10.1. The molecule has 1 saturated heterocycles. The van der Waals surface area contributed by atoms with Gasteiger partial charge in [-0.1, -0.05) is 6.92 Å². The molecule has 0 saturated carbocycles. The molecule has 0 aliphatic carbocycles. The van der Waals surface area contributed by atoms with Crippen LogP contribution in [0.15, 0.2) is 42.5 Å². The number of amides is 1. The van der Waals surface area contributed by atoms with Crippen molar-refractivity contribution in [1.82, 2.24) is 0 Å². The predicted molar refractivity (Wildman–Crippen MR) is 128 cm³/mol. The number of sulfonamides is 1. The molecule has 2 aromatic rings. The van der Waals surface area contributed by atoms with Crippen molar-refractivity contribution in [2.24, 2.45) is 0 Å². The quantitative estimate of drug-likeness (QED) is 0.435. The molecule has 0 aromatic heterocycles. The summed E-state index contributed by atoms with van der Waals surface area (Å²) in [5.41, 5.74) is 1.21. The third-order valence-electron chi connectivity index (χ3n) is 5.55. The minimum Gasteiger partial charge on any atom is -0.495 e. The summed E-state index contributed by atoms with van der Waals surface area (Å²) in [5.74, 6) is -0.447. The van der Waals surface area contributed by atoms with Crippen molar-refractivity contribution in [3.63, 3.8) is 0 Å². The second-order valence-corrected chi connectivity index (χ2v) is 9.69. The highest BCUT2D eigenvalue weighted by atomic mass is 32.2. The average molecular weight is 477 g/mol. The zero-order valence-electron chi connectivity index (χ0n) is 18.9. The fraction of sp³-hybridized carbons (Fsp3) is 0.409. The molecule has 33 heavy (non-hydrogen) atoms. The molecule has 0 bridgehead atoms. The summed E-state index contributed by atoms with van der Waals surface area (Å²) >= 11 is 0. The van der Waals surface area contributed by atoms with E-state index in [1.165, 1.54) is 19.2 Å². The van der Waals surface area contributed by atoms with Gasteiger partial charge in [0, 0.05) is 36.6 Å². The lowest BCUT2D eigenvalue weighted by atomic mass is 10.1. The van der Waals surface area contributed by atoms with Crippen LogP contribution in [0.2, 0.25) is 0 Å². The number of carbonyl (C=O) groups excluding carboxylic acids is 1. The molecule has 3 rings (SSSR count). The van der Waals surface area contributed by atoms with Crippen molar-refractivity contribution in [2.45, 2.75) is 32.2 Å². The maximum atomic E-state index is 13.2. The molecule has 0 spiro atoms. The first-order valence-corrected chi connectivity index (χ1v) is 12.5. The molecule has 1 aliphatic rings. The summed E-state index contributed by atoms with van der Waals surface area (Å²) in [6.07, 6.45) is 3.39. The summed E-state index contributed by atoms with van der Waals surface area (Å²) in [7, 11) is -2.67. The van der Waals surface area contributed by atoms with Gasteiger partial charge >= 0.3 is 0 Å². The Morgan fingerprint density at radius 2 is 1.85 bits per heavy atom. The zero-order valence-corrected chi connectivity index (χ0v) is 19.7. The number of nitrogens with one attached hydrogen (secondary N) is 1. The van der Waals surface area contributed by atoms with E-state index in [4.69, 9.17) is 4.74 Å². The van der Waals surface area contributed by atoms with Crippen molar-refractivity contribution >= 4 is 38.7 Å². The van der Waals surface area contributed by atoms with Crippen molar-refractivity contribution in [3.05, 3.63) is 52.6 Å². The van der Waals surface area contributed by atoms with Gasteiger partial charge in [-0.05, 0) is 49.6 Å². The topological polar surface area (TPSA) is 122 Å². The molecule has 1 fully saturated rings. The van der Waals surface area contributed by atoms with Crippen molar-refractivity contribution in [3.8, 4) is 5.75 Å². The first kappa shape index (κ1) is 24.3. The molecule has 0 unspecified atom stereocenters. The molecule has 0 radical (unpaired) electrons. The van der Waals surface area contributed by atoms with Crippen LogP contribution in [0.4, 0.5) is 22.7 Å². The Kier molecular flexibility index (Phi) is 7.42. The average Bonchev–Trinajstić information content (AvgIpc) is 3.31. The number of benzene rings is 2. The highest BCUT2D eigenvalue weighted by Crippen LogP contribution is 2.36. The number of nitro benzene ring substituents is 1. The maximum Gasteiger partial charge on any atom is 0.271 e. The van der Waals surface area contributed by atoms with E-state index in [9.17, 15) is 23.3 Å². The molecule has 1 amide bonds. The smallest absolute Gasteiger partial charge is 0.271 e. The SMILES string of the molecule is CC[C@H](C(=O)Nc1ccc(N2CCCC2)cc1)N(c1cc([N+](=O)[O-])ccc1OC)S(C)(=O)=O. The minimum atomic E-state index is -4.00. The van der Waals surface area contributed by atoms with Crippen LogP contribution < -0.4 is 19.3 Å². The Balaban J connectivity index is 1.91. The minimum absolute atomic E-state index is 0.0689. The summed E-state index contributed by atoms with van der Waals surface area (Å²) in [5, 5.41) is 14.0. The van der Waals surface area contributed by atoms with Gasteiger partial charge in [0.05, 0.1) is 18.3 Å². The Morgan fingerprint density at radius 3 is 2.36 bits per heavy atom. The number of rotatable bonds is 9. The van der Waals surface area contributed by atoms with E-state index >= 15 is 0 Å². The molecule has 2 aromatic carbocycles. The number of anilines is 3. The van der Waals surface area contributed by atoms with E-state index in [2.05, 4.69) is 10.2 Å². The number of nitro groups is 1. The monoisotopic (exact) mass is 476 g/mol.